The molecular weight excluding hydrogens is 272 g/mol. The van der Waals surface area contributed by atoms with E-state index in [2.05, 4.69) is 20.8 Å². The van der Waals surface area contributed by atoms with Crippen molar-refractivity contribution in [1.82, 2.24) is 4.90 Å². The minimum atomic E-state index is -0.957. The lowest BCUT2D eigenvalue weighted by atomic mass is 9.87. The van der Waals surface area contributed by atoms with Gasteiger partial charge in [-0.15, -0.1) is 0 Å². The van der Waals surface area contributed by atoms with E-state index in [1.165, 1.54) is 0 Å². The average molecular weight is 300 g/mol. The van der Waals surface area contributed by atoms with E-state index in [-0.39, 0.29) is 30.1 Å². The van der Waals surface area contributed by atoms with Crippen LogP contribution in [0.15, 0.2) is 0 Å². The number of rotatable bonds is 6. The Morgan fingerprint density at radius 1 is 1.33 bits per heavy atom. The molecule has 122 valence electrons. The fraction of sp³-hybridized carbons (Fsp3) is 0.867. The minimum Gasteiger partial charge on any atom is -0.480 e. The summed E-state index contributed by atoms with van der Waals surface area (Å²) < 4.78 is 5.26. The number of ether oxygens (including phenoxy) is 1. The second-order valence-electron chi connectivity index (χ2n) is 7.01. The van der Waals surface area contributed by atoms with E-state index in [1.54, 1.807) is 0 Å². The van der Waals surface area contributed by atoms with Crippen LogP contribution in [0, 0.1) is 5.41 Å². The van der Waals surface area contributed by atoms with Crippen molar-refractivity contribution >= 4 is 11.9 Å². The van der Waals surface area contributed by atoms with Gasteiger partial charge in [0.05, 0.1) is 6.10 Å². The fourth-order valence-corrected chi connectivity index (χ4v) is 2.67. The summed E-state index contributed by atoms with van der Waals surface area (Å²) in [6.07, 6.45) is 2.50. The molecule has 1 rings (SSSR count). The lowest BCUT2D eigenvalue weighted by molar-refractivity contribution is -0.147. The molecule has 1 aliphatic heterocycles. The van der Waals surface area contributed by atoms with Crippen LogP contribution in [0.3, 0.4) is 0 Å². The number of carbonyl (C=O) groups excluding carboxylic acids is 1. The molecule has 6 nitrogen and oxygen atoms in total. The molecule has 1 unspecified atom stereocenters. The number of amides is 1. The zero-order valence-electron chi connectivity index (χ0n) is 13.3. The van der Waals surface area contributed by atoms with Gasteiger partial charge in [0.2, 0.25) is 5.91 Å². The second-order valence-corrected chi connectivity index (χ2v) is 7.01. The van der Waals surface area contributed by atoms with Gasteiger partial charge in [-0.1, -0.05) is 20.8 Å². The van der Waals surface area contributed by atoms with Gasteiger partial charge in [0, 0.05) is 25.6 Å². The molecule has 1 amide bonds. The molecule has 0 aromatic carbocycles. The van der Waals surface area contributed by atoms with Crippen molar-refractivity contribution in [3.8, 4) is 0 Å². The van der Waals surface area contributed by atoms with E-state index in [9.17, 15) is 9.59 Å². The first-order chi connectivity index (χ1) is 9.67. The summed E-state index contributed by atoms with van der Waals surface area (Å²) in [6, 6.07) is -0.113. The Hall–Kier alpha value is -1.14. The number of hydrogen-bond donors (Lipinski definition) is 2. The number of nitrogens with two attached hydrogens (primary N) is 1. The molecule has 1 saturated heterocycles. The Morgan fingerprint density at radius 2 is 1.90 bits per heavy atom. The molecular formula is C15H28N2O4. The first kappa shape index (κ1) is 17.9. The molecule has 0 aromatic heterocycles. The molecule has 0 aromatic rings. The van der Waals surface area contributed by atoms with E-state index in [0.29, 0.717) is 32.4 Å². The predicted octanol–water partition coefficient (Wildman–Crippen LogP) is 1.23. The van der Waals surface area contributed by atoms with Gasteiger partial charge < -0.3 is 20.5 Å². The lowest BCUT2D eigenvalue weighted by Gasteiger charge is -2.33. The molecule has 1 atom stereocenters. The van der Waals surface area contributed by atoms with Gasteiger partial charge in [0.25, 0.3) is 0 Å². The maximum Gasteiger partial charge on any atom is 0.329 e. The van der Waals surface area contributed by atoms with Gasteiger partial charge >= 0.3 is 5.97 Å². The Labute approximate surface area is 126 Å². The Balaban J connectivity index is 2.30. The highest BCUT2D eigenvalue weighted by Crippen LogP contribution is 2.22. The second kappa shape index (κ2) is 7.75. The van der Waals surface area contributed by atoms with Gasteiger partial charge in [0.1, 0.15) is 6.61 Å². The molecule has 0 radical (unpaired) electrons. The number of carbonyl (C=O) groups is 2. The van der Waals surface area contributed by atoms with Gasteiger partial charge in [0.15, 0.2) is 0 Å². The molecule has 1 aliphatic rings. The molecule has 1 heterocycles. The molecule has 0 bridgehead atoms. The minimum absolute atomic E-state index is 0.0617. The molecule has 1 fully saturated rings. The van der Waals surface area contributed by atoms with Crippen LogP contribution in [-0.2, 0) is 14.3 Å². The number of aliphatic carboxylic acids is 1. The third-order valence-corrected chi connectivity index (χ3v) is 3.55. The zero-order chi connectivity index (χ0) is 16.0. The van der Waals surface area contributed by atoms with Crippen LogP contribution < -0.4 is 5.73 Å². The van der Waals surface area contributed by atoms with Crippen LogP contribution >= 0.6 is 0 Å². The van der Waals surface area contributed by atoms with Crippen molar-refractivity contribution in [3.05, 3.63) is 0 Å². The quantitative estimate of drug-likeness (QED) is 0.769. The van der Waals surface area contributed by atoms with Crippen molar-refractivity contribution in [2.75, 3.05) is 19.7 Å². The van der Waals surface area contributed by atoms with Crippen molar-refractivity contribution in [2.45, 2.75) is 58.6 Å². The van der Waals surface area contributed by atoms with Crippen molar-refractivity contribution in [1.29, 1.82) is 0 Å². The van der Waals surface area contributed by atoms with E-state index >= 15 is 0 Å². The SMILES string of the molecule is CC(C)(C)CC(N)CC(=O)N1CCC(OCC(=O)O)CC1. The van der Waals surface area contributed by atoms with E-state index in [0.717, 1.165) is 6.42 Å². The summed E-state index contributed by atoms with van der Waals surface area (Å²) in [5, 5.41) is 8.57. The number of likely N-dealkylation sites (tertiary alicyclic amines) is 1. The van der Waals surface area contributed by atoms with Crippen LogP contribution in [0.2, 0.25) is 0 Å². The maximum atomic E-state index is 12.2. The summed E-state index contributed by atoms with van der Waals surface area (Å²) in [7, 11) is 0. The largest absolute Gasteiger partial charge is 0.480 e. The summed E-state index contributed by atoms with van der Waals surface area (Å²) in [6.45, 7) is 7.31. The molecule has 0 aliphatic carbocycles. The van der Waals surface area contributed by atoms with Gasteiger partial charge in [-0.2, -0.15) is 0 Å². The number of carboxylic acid groups (broad SMARTS) is 1. The monoisotopic (exact) mass is 300 g/mol. The number of hydrogen-bond acceptors (Lipinski definition) is 4. The Kier molecular flexibility index (Phi) is 6.61. The number of piperidine rings is 1. The van der Waals surface area contributed by atoms with Gasteiger partial charge in [-0.05, 0) is 24.7 Å². The van der Waals surface area contributed by atoms with Crippen molar-refractivity contribution in [2.24, 2.45) is 11.1 Å². The Bertz CT molecular complexity index is 357. The topological polar surface area (TPSA) is 92.9 Å². The third kappa shape index (κ3) is 7.43. The van der Waals surface area contributed by atoms with E-state index in [4.69, 9.17) is 15.6 Å². The number of nitrogens with zero attached hydrogens (tertiary/aromatic N) is 1. The van der Waals surface area contributed by atoms with Crippen LogP contribution in [0.25, 0.3) is 0 Å². The fourth-order valence-electron chi connectivity index (χ4n) is 2.67. The standard InChI is InChI=1S/C15H28N2O4/c1-15(2,3)9-11(16)8-13(18)17-6-4-12(5-7-17)21-10-14(19)20/h11-12H,4-10,16H2,1-3H3,(H,19,20). The Morgan fingerprint density at radius 3 is 2.38 bits per heavy atom. The first-order valence-corrected chi connectivity index (χ1v) is 7.54. The molecule has 0 spiro atoms. The molecule has 3 N–H and O–H groups in total. The number of carboxylic acids is 1. The highest BCUT2D eigenvalue weighted by molar-refractivity contribution is 5.76. The van der Waals surface area contributed by atoms with E-state index in [1.807, 2.05) is 4.90 Å². The molecule has 6 heteroatoms. The zero-order valence-corrected chi connectivity index (χ0v) is 13.3. The summed E-state index contributed by atoms with van der Waals surface area (Å²) in [4.78, 5) is 24.4. The summed E-state index contributed by atoms with van der Waals surface area (Å²) in [5.41, 5.74) is 6.16. The normalized spacial score (nSPS) is 18.6. The third-order valence-electron chi connectivity index (χ3n) is 3.55. The maximum absolute atomic E-state index is 12.2. The van der Waals surface area contributed by atoms with Crippen LogP contribution in [-0.4, -0.2) is 53.7 Å². The predicted molar refractivity (Wildman–Crippen MR) is 79.9 cm³/mol. The van der Waals surface area contributed by atoms with Gasteiger partial charge in [-0.25, -0.2) is 4.79 Å². The van der Waals surface area contributed by atoms with Crippen LogP contribution in [0.4, 0.5) is 0 Å². The summed E-state index contributed by atoms with van der Waals surface area (Å²) >= 11 is 0. The smallest absolute Gasteiger partial charge is 0.329 e. The lowest BCUT2D eigenvalue weighted by Crippen LogP contribution is -2.43. The molecule has 21 heavy (non-hydrogen) atoms. The average Bonchev–Trinajstić information content (AvgIpc) is 2.34. The van der Waals surface area contributed by atoms with E-state index < -0.39 is 5.97 Å². The van der Waals surface area contributed by atoms with Crippen molar-refractivity contribution in [3.63, 3.8) is 0 Å². The first-order valence-electron chi connectivity index (χ1n) is 7.54. The van der Waals surface area contributed by atoms with Crippen LogP contribution in [0.5, 0.6) is 0 Å². The van der Waals surface area contributed by atoms with Crippen molar-refractivity contribution < 1.29 is 19.4 Å². The molecule has 0 saturated carbocycles. The summed E-state index contributed by atoms with van der Waals surface area (Å²) in [5.74, 6) is -0.870. The highest BCUT2D eigenvalue weighted by Gasteiger charge is 2.26. The van der Waals surface area contributed by atoms with Gasteiger partial charge in [-0.3, -0.25) is 4.79 Å². The highest BCUT2D eigenvalue weighted by atomic mass is 16.5. The van der Waals surface area contributed by atoms with Crippen LogP contribution in [0.1, 0.15) is 46.5 Å².